The van der Waals surface area contributed by atoms with Crippen LogP contribution in [0.2, 0.25) is 0 Å². The molecule has 0 saturated heterocycles. The Balaban J connectivity index is 2.70. The van der Waals surface area contributed by atoms with E-state index in [1.807, 2.05) is 6.07 Å². The minimum absolute atomic E-state index is 0.0359. The van der Waals surface area contributed by atoms with Crippen LogP contribution < -0.4 is 5.73 Å². The number of hydrogen-bond acceptors (Lipinski definition) is 6. The predicted molar refractivity (Wildman–Crippen MR) is 85.7 cm³/mol. The second-order valence-corrected chi connectivity index (χ2v) is 5.71. The summed E-state index contributed by atoms with van der Waals surface area (Å²) in [6.07, 6.45) is 0. The Hall–Kier alpha value is -2.37. The van der Waals surface area contributed by atoms with E-state index in [1.165, 1.54) is 32.4 Å². The van der Waals surface area contributed by atoms with Crippen molar-refractivity contribution < 1.29 is 23.4 Å². The van der Waals surface area contributed by atoms with Crippen molar-refractivity contribution in [3.63, 3.8) is 0 Å². The monoisotopic (exact) mass is 396 g/mol. The molecule has 126 valence electrons. The first kappa shape index (κ1) is 18.0. The maximum Gasteiger partial charge on any atom is 0.338 e. The average Bonchev–Trinajstić information content (AvgIpc) is 2.56. The first-order valence-electron chi connectivity index (χ1n) is 6.77. The van der Waals surface area contributed by atoms with Gasteiger partial charge in [0.1, 0.15) is 29.8 Å². The quantitative estimate of drug-likeness (QED) is 0.785. The molecule has 1 heterocycles. The van der Waals surface area contributed by atoms with Crippen LogP contribution in [0, 0.1) is 17.1 Å². The fraction of sp³-hybridized carbons (Fsp3) is 0.250. The number of benzene rings is 1. The summed E-state index contributed by atoms with van der Waals surface area (Å²) in [6.45, 7) is -0.0390. The van der Waals surface area contributed by atoms with Crippen LogP contribution in [-0.2, 0) is 19.0 Å². The number of ether oxygens (including phenoxy) is 3. The Kier molecular flexibility index (Phi) is 5.59. The highest BCUT2D eigenvalue weighted by Gasteiger charge is 2.37. The fourth-order valence-electron chi connectivity index (χ4n) is 2.42. The van der Waals surface area contributed by atoms with E-state index in [0.29, 0.717) is 5.56 Å². The third kappa shape index (κ3) is 3.27. The van der Waals surface area contributed by atoms with Crippen molar-refractivity contribution in [1.82, 2.24) is 0 Å². The second kappa shape index (κ2) is 7.47. The van der Waals surface area contributed by atoms with Gasteiger partial charge in [0.25, 0.3) is 0 Å². The van der Waals surface area contributed by atoms with Gasteiger partial charge in [0, 0.05) is 7.11 Å². The molecule has 0 amide bonds. The molecule has 8 heteroatoms. The van der Waals surface area contributed by atoms with Crippen molar-refractivity contribution >= 4 is 21.9 Å². The van der Waals surface area contributed by atoms with Gasteiger partial charge >= 0.3 is 5.97 Å². The summed E-state index contributed by atoms with van der Waals surface area (Å²) in [7, 11) is 2.64. The standard InChI is InChI=1S/C16H14BrFN2O4/c1-22-7-12-14(16(21)23-2)13(9(6-19)15(20)24-12)8-3-4-11(18)10(17)5-8/h3-5,13H,7,20H2,1-2H3/t13-/m1/s1. The highest BCUT2D eigenvalue weighted by molar-refractivity contribution is 9.10. The molecule has 1 aromatic carbocycles. The number of nitrogens with two attached hydrogens (primary N) is 1. The van der Waals surface area contributed by atoms with Gasteiger partial charge in [-0.05, 0) is 33.6 Å². The zero-order chi connectivity index (χ0) is 17.9. The molecule has 0 fully saturated rings. The lowest BCUT2D eigenvalue weighted by Crippen LogP contribution is -2.27. The largest absolute Gasteiger partial charge is 0.466 e. The summed E-state index contributed by atoms with van der Waals surface area (Å²) in [5, 5.41) is 9.45. The lowest BCUT2D eigenvalue weighted by atomic mass is 9.83. The van der Waals surface area contributed by atoms with E-state index in [9.17, 15) is 14.4 Å². The molecule has 6 nitrogen and oxygen atoms in total. The highest BCUT2D eigenvalue weighted by Crippen LogP contribution is 2.40. The Morgan fingerprint density at radius 3 is 2.75 bits per heavy atom. The molecule has 1 aliphatic heterocycles. The fourth-order valence-corrected chi connectivity index (χ4v) is 2.81. The van der Waals surface area contributed by atoms with Crippen LogP contribution in [0.1, 0.15) is 11.5 Å². The number of rotatable bonds is 4. The number of carbonyl (C=O) groups excluding carboxylic acids is 1. The lowest BCUT2D eigenvalue weighted by molar-refractivity contribution is -0.136. The van der Waals surface area contributed by atoms with E-state index >= 15 is 0 Å². The third-order valence-corrected chi connectivity index (χ3v) is 4.06. The first-order valence-corrected chi connectivity index (χ1v) is 7.56. The predicted octanol–water partition coefficient (Wildman–Crippen LogP) is 2.47. The molecule has 0 aliphatic carbocycles. The molecule has 2 N–H and O–H groups in total. The number of nitrogens with zero attached hydrogens (tertiary/aromatic N) is 1. The molecule has 0 spiro atoms. The molecule has 1 atom stereocenters. The van der Waals surface area contributed by atoms with Crippen molar-refractivity contribution in [3.8, 4) is 6.07 Å². The van der Waals surface area contributed by atoms with Crippen LogP contribution >= 0.6 is 15.9 Å². The molecule has 0 saturated carbocycles. The number of carbonyl (C=O) groups is 1. The molecule has 0 radical (unpaired) electrons. The van der Waals surface area contributed by atoms with Gasteiger partial charge in [-0.3, -0.25) is 0 Å². The number of methoxy groups -OCH3 is 2. The molecule has 1 aliphatic rings. The number of esters is 1. The molecule has 2 rings (SSSR count). The van der Waals surface area contributed by atoms with Crippen LogP contribution in [-0.4, -0.2) is 26.8 Å². The molecular weight excluding hydrogens is 383 g/mol. The number of hydrogen-bond donors (Lipinski definition) is 1. The van der Waals surface area contributed by atoms with Gasteiger partial charge in [-0.2, -0.15) is 5.26 Å². The average molecular weight is 397 g/mol. The first-order chi connectivity index (χ1) is 11.4. The van der Waals surface area contributed by atoms with Crippen LogP contribution in [0.25, 0.3) is 0 Å². The van der Waals surface area contributed by atoms with Crippen LogP contribution in [0.5, 0.6) is 0 Å². The summed E-state index contributed by atoms with van der Waals surface area (Å²) in [6, 6.07) is 6.11. The maximum atomic E-state index is 13.5. The van der Waals surface area contributed by atoms with Crippen LogP contribution in [0.3, 0.4) is 0 Å². The summed E-state index contributed by atoms with van der Waals surface area (Å²) in [5.74, 6) is -2.00. The molecular formula is C16H14BrFN2O4. The minimum atomic E-state index is -0.849. The van der Waals surface area contributed by atoms with Gasteiger partial charge in [0.2, 0.25) is 5.88 Å². The molecule has 1 aromatic rings. The molecule has 0 aromatic heterocycles. The minimum Gasteiger partial charge on any atom is -0.466 e. The number of halogens is 2. The number of nitriles is 1. The van der Waals surface area contributed by atoms with Gasteiger partial charge in [-0.1, -0.05) is 6.07 Å². The zero-order valence-corrected chi connectivity index (χ0v) is 14.5. The van der Waals surface area contributed by atoms with Gasteiger partial charge in [-0.25, -0.2) is 9.18 Å². The smallest absolute Gasteiger partial charge is 0.338 e. The summed E-state index contributed by atoms with van der Waals surface area (Å²) in [4.78, 5) is 12.3. The normalized spacial score (nSPS) is 17.4. The van der Waals surface area contributed by atoms with Crippen molar-refractivity contribution in [2.75, 3.05) is 20.8 Å². The van der Waals surface area contributed by atoms with Gasteiger partial charge in [0.05, 0.1) is 23.1 Å². The van der Waals surface area contributed by atoms with Crippen molar-refractivity contribution in [2.45, 2.75) is 5.92 Å². The SMILES string of the molecule is COCC1=C(C(=O)OC)[C@H](c2ccc(F)c(Br)c2)C(C#N)=C(N)O1. The van der Waals surface area contributed by atoms with E-state index < -0.39 is 17.7 Å². The maximum absolute atomic E-state index is 13.5. The van der Waals surface area contributed by atoms with Crippen LogP contribution in [0.4, 0.5) is 4.39 Å². The van der Waals surface area contributed by atoms with E-state index in [2.05, 4.69) is 15.9 Å². The molecule has 0 unspecified atom stereocenters. The topological polar surface area (TPSA) is 94.6 Å². The highest BCUT2D eigenvalue weighted by atomic mass is 79.9. The Morgan fingerprint density at radius 1 is 1.50 bits per heavy atom. The number of allylic oxidation sites excluding steroid dienone is 1. The Labute approximate surface area is 146 Å². The Bertz CT molecular complexity index is 783. The summed E-state index contributed by atoms with van der Waals surface area (Å²) < 4.78 is 29.0. The van der Waals surface area contributed by atoms with Gasteiger partial charge in [-0.15, -0.1) is 0 Å². The van der Waals surface area contributed by atoms with Gasteiger partial charge in [0.15, 0.2) is 0 Å². The van der Waals surface area contributed by atoms with Crippen molar-refractivity contribution in [1.29, 1.82) is 5.26 Å². The third-order valence-electron chi connectivity index (χ3n) is 3.45. The van der Waals surface area contributed by atoms with Crippen LogP contribution in [0.15, 0.2) is 45.5 Å². The lowest BCUT2D eigenvalue weighted by Gasteiger charge is -2.27. The molecule has 0 bridgehead atoms. The van der Waals surface area contributed by atoms with E-state index in [-0.39, 0.29) is 33.9 Å². The van der Waals surface area contributed by atoms with Gasteiger partial charge < -0.3 is 19.9 Å². The molecule has 24 heavy (non-hydrogen) atoms. The second-order valence-electron chi connectivity index (χ2n) is 4.86. The van der Waals surface area contributed by atoms with Crippen molar-refractivity contribution in [2.24, 2.45) is 5.73 Å². The van der Waals surface area contributed by atoms with E-state index in [1.54, 1.807) is 0 Å². The van der Waals surface area contributed by atoms with E-state index in [4.69, 9.17) is 19.9 Å². The van der Waals surface area contributed by atoms with Crippen molar-refractivity contribution in [3.05, 3.63) is 56.8 Å². The Morgan fingerprint density at radius 2 is 2.21 bits per heavy atom. The summed E-state index contributed by atoms with van der Waals surface area (Å²) >= 11 is 3.10. The van der Waals surface area contributed by atoms with E-state index in [0.717, 1.165) is 0 Å². The zero-order valence-electron chi connectivity index (χ0n) is 12.9. The summed E-state index contributed by atoms with van der Waals surface area (Å²) in [5.41, 5.74) is 6.43.